The second kappa shape index (κ2) is 3.65. The number of rotatable bonds is 1. The molecule has 5 heteroatoms. The second-order valence-corrected chi connectivity index (χ2v) is 5.44. The van der Waals surface area contributed by atoms with Crippen molar-refractivity contribution in [1.29, 1.82) is 0 Å². The summed E-state index contributed by atoms with van der Waals surface area (Å²) in [5.74, 6) is 0. The second-order valence-electron chi connectivity index (χ2n) is 5.44. The van der Waals surface area contributed by atoms with E-state index < -0.39 is 7.12 Å². The fourth-order valence-corrected chi connectivity index (χ4v) is 1.83. The molecule has 0 unspecified atom stereocenters. The highest BCUT2D eigenvalue weighted by Gasteiger charge is 2.52. The molecule has 0 bridgehead atoms. The van der Waals surface area contributed by atoms with E-state index in [2.05, 4.69) is 0 Å². The number of benzene rings is 1. The molecule has 4 N–H and O–H groups in total. The molecule has 0 radical (unpaired) electrons. The lowest BCUT2D eigenvalue weighted by atomic mass is 9.76. The Bertz CT molecular complexity index is 410. The minimum absolute atomic E-state index is 0.383. The first kappa shape index (κ1) is 12.3. The van der Waals surface area contributed by atoms with Gasteiger partial charge in [-0.25, -0.2) is 0 Å². The molecule has 0 atom stereocenters. The Morgan fingerprint density at radius 2 is 1.35 bits per heavy atom. The van der Waals surface area contributed by atoms with Crippen LogP contribution in [-0.2, 0) is 9.31 Å². The van der Waals surface area contributed by atoms with Gasteiger partial charge in [0.05, 0.1) is 11.2 Å². The molecule has 0 aromatic heterocycles. The fraction of sp³-hybridized carbons (Fsp3) is 0.500. The summed E-state index contributed by atoms with van der Waals surface area (Å²) in [7, 11) is -0.499. The third-order valence-corrected chi connectivity index (χ3v) is 3.66. The van der Waals surface area contributed by atoms with Crippen LogP contribution in [0.4, 0.5) is 11.4 Å². The molecule has 1 aromatic rings. The summed E-state index contributed by atoms with van der Waals surface area (Å²) in [6, 6.07) is 5.42. The van der Waals surface area contributed by atoms with Gasteiger partial charge in [-0.2, -0.15) is 0 Å². The van der Waals surface area contributed by atoms with Crippen LogP contribution in [0.5, 0.6) is 0 Å². The van der Waals surface area contributed by atoms with Crippen molar-refractivity contribution >= 4 is 24.0 Å². The standard InChI is InChI=1S/C12H19BN2O2/c1-11(2)12(3,4)17-13(16-11)10-8(14)6-5-7-9(10)15/h5-7H,14-15H2,1-4H3. The number of hydrogen-bond acceptors (Lipinski definition) is 4. The zero-order valence-electron chi connectivity index (χ0n) is 10.8. The number of anilines is 2. The van der Waals surface area contributed by atoms with Gasteiger partial charge < -0.3 is 20.8 Å². The van der Waals surface area contributed by atoms with Crippen LogP contribution in [0.25, 0.3) is 0 Å². The van der Waals surface area contributed by atoms with Gasteiger partial charge in [0.15, 0.2) is 0 Å². The summed E-state index contributed by atoms with van der Waals surface area (Å²) >= 11 is 0. The third kappa shape index (κ3) is 1.89. The van der Waals surface area contributed by atoms with Crippen molar-refractivity contribution in [2.75, 3.05) is 11.5 Å². The SMILES string of the molecule is CC1(C)OB(c2c(N)cccc2N)OC1(C)C. The molecule has 0 spiro atoms. The van der Waals surface area contributed by atoms with E-state index in [9.17, 15) is 0 Å². The maximum Gasteiger partial charge on any atom is 0.499 e. The number of nitrogens with two attached hydrogens (primary N) is 2. The average Bonchev–Trinajstić information content (AvgIpc) is 2.35. The normalized spacial score (nSPS) is 21.8. The summed E-state index contributed by atoms with van der Waals surface area (Å²) in [4.78, 5) is 0. The van der Waals surface area contributed by atoms with Crippen molar-refractivity contribution < 1.29 is 9.31 Å². The van der Waals surface area contributed by atoms with Gasteiger partial charge in [0, 0.05) is 16.8 Å². The van der Waals surface area contributed by atoms with E-state index in [-0.39, 0.29) is 11.2 Å². The molecule has 1 aromatic carbocycles. The Hall–Kier alpha value is -1.20. The summed E-state index contributed by atoms with van der Waals surface area (Å²) in [5, 5.41) is 0. The Balaban J connectivity index is 2.39. The van der Waals surface area contributed by atoms with Crippen LogP contribution in [0.1, 0.15) is 27.7 Å². The van der Waals surface area contributed by atoms with Crippen LogP contribution in [0.2, 0.25) is 0 Å². The average molecular weight is 234 g/mol. The first-order chi connectivity index (χ1) is 7.74. The maximum atomic E-state index is 5.94. The highest BCUT2D eigenvalue weighted by Crippen LogP contribution is 2.37. The van der Waals surface area contributed by atoms with Crippen molar-refractivity contribution in [3.63, 3.8) is 0 Å². The Labute approximate surface area is 102 Å². The molecule has 1 aliphatic heterocycles. The topological polar surface area (TPSA) is 70.5 Å². The quantitative estimate of drug-likeness (QED) is 0.564. The van der Waals surface area contributed by atoms with Crippen molar-refractivity contribution in [1.82, 2.24) is 0 Å². The predicted molar refractivity (Wildman–Crippen MR) is 71.0 cm³/mol. The molecular formula is C12H19BN2O2. The van der Waals surface area contributed by atoms with Crippen LogP contribution < -0.4 is 16.9 Å². The minimum Gasteiger partial charge on any atom is -0.399 e. The molecule has 1 heterocycles. The zero-order chi connectivity index (χ0) is 12.8. The van der Waals surface area contributed by atoms with Crippen LogP contribution in [0.15, 0.2) is 18.2 Å². The predicted octanol–water partition coefficient (Wildman–Crippen LogP) is 1.15. The molecule has 0 aliphatic carbocycles. The number of hydrogen-bond donors (Lipinski definition) is 2. The molecule has 1 fully saturated rings. The van der Waals surface area contributed by atoms with Gasteiger partial charge in [0.2, 0.25) is 0 Å². The summed E-state index contributed by atoms with van der Waals surface area (Å²) in [5.41, 5.74) is 13.0. The third-order valence-electron chi connectivity index (χ3n) is 3.66. The van der Waals surface area contributed by atoms with Crippen LogP contribution in [0, 0.1) is 0 Å². The van der Waals surface area contributed by atoms with Gasteiger partial charge in [-0.05, 0) is 39.8 Å². The molecule has 0 amide bonds. The molecule has 92 valence electrons. The Kier molecular flexibility index (Phi) is 2.63. The van der Waals surface area contributed by atoms with Gasteiger partial charge >= 0.3 is 7.12 Å². The minimum atomic E-state index is -0.499. The van der Waals surface area contributed by atoms with Crippen molar-refractivity contribution in [2.24, 2.45) is 0 Å². The van der Waals surface area contributed by atoms with Crippen molar-refractivity contribution in [3.05, 3.63) is 18.2 Å². The van der Waals surface area contributed by atoms with Gasteiger partial charge in [-0.3, -0.25) is 0 Å². The van der Waals surface area contributed by atoms with Crippen LogP contribution >= 0.6 is 0 Å². The van der Waals surface area contributed by atoms with E-state index in [4.69, 9.17) is 20.8 Å². The molecule has 2 rings (SSSR count). The lowest BCUT2D eigenvalue weighted by Crippen LogP contribution is -2.41. The molecule has 1 saturated heterocycles. The highest BCUT2D eigenvalue weighted by molar-refractivity contribution is 6.65. The Morgan fingerprint density at radius 1 is 0.941 bits per heavy atom. The van der Waals surface area contributed by atoms with E-state index in [1.54, 1.807) is 12.1 Å². The zero-order valence-corrected chi connectivity index (χ0v) is 10.8. The first-order valence-electron chi connectivity index (χ1n) is 5.74. The molecule has 0 saturated carbocycles. The van der Waals surface area contributed by atoms with Crippen molar-refractivity contribution in [3.8, 4) is 0 Å². The van der Waals surface area contributed by atoms with E-state index in [0.717, 1.165) is 5.46 Å². The smallest absolute Gasteiger partial charge is 0.399 e. The molecule has 17 heavy (non-hydrogen) atoms. The van der Waals surface area contributed by atoms with Gasteiger partial charge in [0.1, 0.15) is 0 Å². The largest absolute Gasteiger partial charge is 0.499 e. The lowest BCUT2D eigenvalue weighted by molar-refractivity contribution is 0.00578. The molecule has 4 nitrogen and oxygen atoms in total. The Morgan fingerprint density at radius 3 is 1.76 bits per heavy atom. The van der Waals surface area contributed by atoms with Gasteiger partial charge in [-0.1, -0.05) is 6.07 Å². The molecular weight excluding hydrogens is 215 g/mol. The van der Waals surface area contributed by atoms with Crippen LogP contribution in [-0.4, -0.2) is 18.3 Å². The highest BCUT2D eigenvalue weighted by atomic mass is 16.7. The van der Waals surface area contributed by atoms with E-state index in [1.165, 1.54) is 0 Å². The first-order valence-corrected chi connectivity index (χ1v) is 5.74. The van der Waals surface area contributed by atoms with Crippen molar-refractivity contribution in [2.45, 2.75) is 38.9 Å². The summed E-state index contributed by atoms with van der Waals surface area (Å²) in [6.45, 7) is 8.01. The lowest BCUT2D eigenvalue weighted by Gasteiger charge is -2.32. The van der Waals surface area contributed by atoms with E-state index in [1.807, 2.05) is 33.8 Å². The summed E-state index contributed by atoms with van der Waals surface area (Å²) < 4.78 is 11.9. The van der Waals surface area contributed by atoms with E-state index >= 15 is 0 Å². The fourth-order valence-electron chi connectivity index (χ4n) is 1.83. The van der Waals surface area contributed by atoms with Crippen LogP contribution in [0.3, 0.4) is 0 Å². The maximum absolute atomic E-state index is 5.94. The summed E-state index contributed by atoms with van der Waals surface area (Å²) in [6.07, 6.45) is 0. The van der Waals surface area contributed by atoms with Gasteiger partial charge in [0.25, 0.3) is 0 Å². The number of nitrogen functional groups attached to an aromatic ring is 2. The van der Waals surface area contributed by atoms with E-state index in [0.29, 0.717) is 11.4 Å². The van der Waals surface area contributed by atoms with Gasteiger partial charge in [-0.15, -0.1) is 0 Å². The monoisotopic (exact) mass is 234 g/mol. The molecule has 1 aliphatic rings.